The van der Waals surface area contributed by atoms with Gasteiger partial charge in [0.25, 0.3) is 5.91 Å². The molecule has 0 fully saturated rings. The van der Waals surface area contributed by atoms with Crippen molar-refractivity contribution in [2.75, 3.05) is 0 Å². The highest BCUT2D eigenvalue weighted by Crippen LogP contribution is 2.11. The summed E-state index contributed by atoms with van der Waals surface area (Å²) in [4.78, 5) is 11.6. The molecular weight excluding hydrogens is 208 g/mol. The van der Waals surface area contributed by atoms with Gasteiger partial charge < -0.3 is 9.84 Å². The third kappa shape index (κ3) is 1.95. The van der Waals surface area contributed by atoms with Gasteiger partial charge in [-0.1, -0.05) is 5.16 Å². The maximum atomic E-state index is 11.6. The molecule has 6 nitrogen and oxygen atoms in total. The summed E-state index contributed by atoms with van der Waals surface area (Å²) in [7, 11) is 0. The van der Waals surface area contributed by atoms with E-state index in [0.29, 0.717) is 12.1 Å². The van der Waals surface area contributed by atoms with Crippen LogP contribution in [0.5, 0.6) is 0 Å². The monoisotopic (exact) mass is 220 g/mol. The normalized spacial score (nSPS) is 10.4. The van der Waals surface area contributed by atoms with Crippen LogP contribution in [0.4, 0.5) is 0 Å². The lowest BCUT2D eigenvalue weighted by Crippen LogP contribution is -2.22. The largest absolute Gasteiger partial charge is 0.361 e. The van der Waals surface area contributed by atoms with Crippen molar-refractivity contribution >= 4 is 5.91 Å². The first-order valence-electron chi connectivity index (χ1n) is 4.87. The minimum absolute atomic E-state index is 0.172. The van der Waals surface area contributed by atoms with E-state index >= 15 is 0 Å². The molecule has 2 heterocycles. The number of aryl methyl sites for hydroxylation is 2. The SMILES string of the molecule is Cc1noc(C)c1CNC(=O)c1cn[nH]c1. The molecule has 2 aromatic rings. The zero-order chi connectivity index (χ0) is 11.5. The Morgan fingerprint density at radius 2 is 2.38 bits per heavy atom. The Labute approximate surface area is 92.0 Å². The molecule has 0 unspecified atom stereocenters. The van der Waals surface area contributed by atoms with Crippen LogP contribution in [-0.2, 0) is 6.54 Å². The van der Waals surface area contributed by atoms with Crippen LogP contribution in [0.15, 0.2) is 16.9 Å². The van der Waals surface area contributed by atoms with Gasteiger partial charge in [-0.05, 0) is 13.8 Å². The summed E-state index contributed by atoms with van der Waals surface area (Å²) in [6, 6.07) is 0. The third-order valence-corrected chi connectivity index (χ3v) is 2.37. The maximum absolute atomic E-state index is 11.6. The van der Waals surface area contributed by atoms with Gasteiger partial charge >= 0.3 is 0 Å². The second-order valence-electron chi connectivity index (χ2n) is 3.47. The molecule has 2 N–H and O–H groups in total. The molecule has 16 heavy (non-hydrogen) atoms. The summed E-state index contributed by atoms with van der Waals surface area (Å²) < 4.78 is 5.00. The van der Waals surface area contributed by atoms with Crippen LogP contribution in [0.2, 0.25) is 0 Å². The molecule has 0 saturated carbocycles. The average Bonchev–Trinajstić information content (AvgIpc) is 2.87. The fourth-order valence-corrected chi connectivity index (χ4v) is 1.40. The summed E-state index contributed by atoms with van der Waals surface area (Å²) >= 11 is 0. The lowest BCUT2D eigenvalue weighted by Gasteiger charge is -2.02. The number of hydrogen-bond acceptors (Lipinski definition) is 4. The van der Waals surface area contributed by atoms with Crippen molar-refractivity contribution in [2.45, 2.75) is 20.4 Å². The Kier molecular flexibility index (Phi) is 2.72. The van der Waals surface area contributed by atoms with E-state index < -0.39 is 0 Å². The number of carbonyl (C=O) groups excluding carboxylic acids is 1. The predicted octanol–water partition coefficient (Wildman–Crippen LogP) is 0.945. The van der Waals surface area contributed by atoms with Crippen molar-refractivity contribution in [1.29, 1.82) is 0 Å². The van der Waals surface area contributed by atoms with Crippen LogP contribution in [0, 0.1) is 13.8 Å². The van der Waals surface area contributed by atoms with Crippen molar-refractivity contribution in [3.05, 3.63) is 35.0 Å². The zero-order valence-corrected chi connectivity index (χ0v) is 9.07. The molecule has 0 spiro atoms. The van der Waals surface area contributed by atoms with E-state index in [1.54, 1.807) is 6.20 Å². The molecule has 0 atom stereocenters. The molecule has 6 heteroatoms. The topological polar surface area (TPSA) is 83.8 Å². The van der Waals surface area contributed by atoms with Crippen LogP contribution >= 0.6 is 0 Å². The van der Waals surface area contributed by atoms with Crippen LogP contribution in [0.1, 0.15) is 27.4 Å². The van der Waals surface area contributed by atoms with Gasteiger partial charge in [-0.15, -0.1) is 0 Å². The van der Waals surface area contributed by atoms with Gasteiger partial charge in [-0.25, -0.2) is 0 Å². The number of nitrogens with one attached hydrogen (secondary N) is 2. The van der Waals surface area contributed by atoms with Crippen LogP contribution in [-0.4, -0.2) is 21.3 Å². The Morgan fingerprint density at radius 1 is 1.56 bits per heavy atom. The quantitative estimate of drug-likeness (QED) is 0.806. The number of aromatic amines is 1. The Morgan fingerprint density at radius 3 is 2.94 bits per heavy atom. The first-order chi connectivity index (χ1) is 7.68. The molecule has 2 aromatic heterocycles. The minimum atomic E-state index is -0.172. The number of H-pyrrole nitrogens is 1. The van der Waals surface area contributed by atoms with E-state index in [4.69, 9.17) is 4.52 Å². The predicted molar refractivity (Wildman–Crippen MR) is 55.7 cm³/mol. The van der Waals surface area contributed by atoms with Gasteiger partial charge in [0.05, 0.1) is 17.5 Å². The maximum Gasteiger partial charge on any atom is 0.254 e. The van der Waals surface area contributed by atoms with E-state index in [0.717, 1.165) is 17.0 Å². The highest BCUT2D eigenvalue weighted by Gasteiger charge is 2.11. The second-order valence-corrected chi connectivity index (χ2v) is 3.47. The highest BCUT2D eigenvalue weighted by atomic mass is 16.5. The van der Waals surface area contributed by atoms with Crippen molar-refractivity contribution in [3.8, 4) is 0 Å². The van der Waals surface area contributed by atoms with Crippen LogP contribution in [0.25, 0.3) is 0 Å². The van der Waals surface area contributed by atoms with Gasteiger partial charge in [0.1, 0.15) is 5.76 Å². The molecule has 0 aliphatic heterocycles. The van der Waals surface area contributed by atoms with Gasteiger partial charge in [-0.3, -0.25) is 9.89 Å². The summed E-state index contributed by atoms with van der Waals surface area (Å²) in [6.07, 6.45) is 3.02. The number of rotatable bonds is 3. The summed E-state index contributed by atoms with van der Waals surface area (Å²) in [5.41, 5.74) is 2.22. The highest BCUT2D eigenvalue weighted by molar-refractivity contribution is 5.93. The van der Waals surface area contributed by atoms with Crippen molar-refractivity contribution in [2.24, 2.45) is 0 Å². The van der Waals surface area contributed by atoms with E-state index in [1.807, 2.05) is 13.8 Å². The molecule has 0 aliphatic rings. The summed E-state index contributed by atoms with van der Waals surface area (Å²) in [6.45, 7) is 4.07. The lowest BCUT2D eigenvalue weighted by atomic mass is 10.2. The van der Waals surface area contributed by atoms with Gasteiger partial charge in [0, 0.05) is 18.3 Å². The molecule has 0 aromatic carbocycles. The standard InChI is InChI=1S/C10H12N4O2/c1-6-9(7(2)16-14-6)5-11-10(15)8-3-12-13-4-8/h3-4H,5H2,1-2H3,(H,11,15)(H,12,13). The molecule has 0 aliphatic carbocycles. The van der Waals surface area contributed by atoms with Gasteiger partial charge in [0.2, 0.25) is 0 Å². The van der Waals surface area contributed by atoms with Crippen LogP contribution < -0.4 is 5.32 Å². The molecule has 0 saturated heterocycles. The van der Waals surface area contributed by atoms with E-state index in [1.165, 1.54) is 6.20 Å². The van der Waals surface area contributed by atoms with E-state index in [9.17, 15) is 4.79 Å². The van der Waals surface area contributed by atoms with Gasteiger partial charge in [0.15, 0.2) is 0 Å². The molecule has 0 radical (unpaired) electrons. The van der Waals surface area contributed by atoms with E-state index in [-0.39, 0.29) is 5.91 Å². The lowest BCUT2D eigenvalue weighted by molar-refractivity contribution is 0.0951. The molecule has 84 valence electrons. The first-order valence-corrected chi connectivity index (χ1v) is 4.87. The first kappa shape index (κ1) is 10.4. The fraction of sp³-hybridized carbons (Fsp3) is 0.300. The van der Waals surface area contributed by atoms with Crippen LogP contribution in [0.3, 0.4) is 0 Å². The average molecular weight is 220 g/mol. The molecule has 2 rings (SSSR count). The number of aromatic nitrogens is 3. The van der Waals surface area contributed by atoms with E-state index in [2.05, 4.69) is 20.7 Å². The fourth-order valence-electron chi connectivity index (χ4n) is 1.40. The number of carbonyl (C=O) groups is 1. The smallest absolute Gasteiger partial charge is 0.254 e. The van der Waals surface area contributed by atoms with Crippen molar-refractivity contribution < 1.29 is 9.32 Å². The van der Waals surface area contributed by atoms with Crippen molar-refractivity contribution in [3.63, 3.8) is 0 Å². The van der Waals surface area contributed by atoms with Crippen molar-refractivity contribution in [1.82, 2.24) is 20.7 Å². The second kappa shape index (κ2) is 4.18. The molecular formula is C10H12N4O2. The number of hydrogen-bond donors (Lipinski definition) is 2. The van der Waals surface area contributed by atoms with Gasteiger partial charge in [-0.2, -0.15) is 5.10 Å². The third-order valence-electron chi connectivity index (χ3n) is 2.37. The number of nitrogens with zero attached hydrogens (tertiary/aromatic N) is 2. The number of amides is 1. The molecule has 0 bridgehead atoms. The Balaban J connectivity index is 2.01. The molecule has 1 amide bonds. The Hall–Kier alpha value is -2.11. The summed E-state index contributed by atoms with van der Waals surface area (Å²) in [5.74, 6) is 0.554. The minimum Gasteiger partial charge on any atom is -0.361 e. The summed E-state index contributed by atoms with van der Waals surface area (Å²) in [5, 5.41) is 12.9. The Bertz CT molecular complexity index is 467. The zero-order valence-electron chi connectivity index (χ0n) is 9.07.